The van der Waals surface area contributed by atoms with Crippen LogP contribution in [-0.2, 0) is 9.59 Å². The Morgan fingerprint density at radius 2 is 1.67 bits per heavy atom. The van der Waals surface area contributed by atoms with Crippen molar-refractivity contribution in [2.24, 2.45) is 0 Å². The van der Waals surface area contributed by atoms with Crippen molar-refractivity contribution in [2.75, 3.05) is 24.2 Å². The Balaban J connectivity index is 1.98. The topological polar surface area (TPSA) is 61.4 Å². The minimum atomic E-state index is -0.470. The Kier molecular flexibility index (Phi) is 6.99. The second-order valence-electron chi connectivity index (χ2n) is 6.88. The number of amides is 2. The molecule has 5 nitrogen and oxygen atoms in total. The van der Waals surface area contributed by atoms with Crippen LogP contribution < -0.4 is 10.6 Å². The molecule has 2 amide bonds. The fraction of sp³-hybridized carbons (Fsp3) is 0.333. The highest BCUT2D eigenvalue weighted by atomic mass is 35.5. The SMILES string of the molecule is Cc1cc(C)c(NC(=O)[C@H](C)N(C)CC(=O)Nc2ccccc2Cl)c(C)c1. The highest BCUT2D eigenvalue weighted by Crippen LogP contribution is 2.23. The molecule has 0 saturated carbocycles. The van der Waals surface area contributed by atoms with Crippen LogP contribution in [0.1, 0.15) is 23.6 Å². The molecule has 0 heterocycles. The number of aryl methyl sites for hydroxylation is 3. The van der Waals surface area contributed by atoms with Crippen molar-refractivity contribution in [3.63, 3.8) is 0 Å². The minimum absolute atomic E-state index is 0.0751. The van der Waals surface area contributed by atoms with Gasteiger partial charge in [0.15, 0.2) is 0 Å². The van der Waals surface area contributed by atoms with Gasteiger partial charge in [-0.05, 0) is 58.0 Å². The van der Waals surface area contributed by atoms with Crippen molar-refractivity contribution < 1.29 is 9.59 Å². The predicted molar refractivity (Wildman–Crippen MR) is 111 cm³/mol. The van der Waals surface area contributed by atoms with Crippen LogP contribution >= 0.6 is 11.6 Å². The number of benzene rings is 2. The summed E-state index contributed by atoms with van der Waals surface area (Å²) in [7, 11) is 1.74. The molecule has 0 fully saturated rings. The van der Waals surface area contributed by atoms with Crippen LogP contribution in [0.2, 0.25) is 5.02 Å². The first kappa shape index (κ1) is 20.9. The summed E-state index contributed by atoms with van der Waals surface area (Å²) in [6.07, 6.45) is 0. The summed E-state index contributed by atoms with van der Waals surface area (Å²) < 4.78 is 0. The van der Waals surface area contributed by atoms with Crippen molar-refractivity contribution in [2.45, 2.75) is 33.7 Å². The van der Waals surface area contributed by atoms with Crippen LogP contribution in [0.15, 0.2) is 36.4 Å². The summed E-state index contributed by atoms with van der Waals surface area (Å²) in [5, 5.41) is 6.23. The fourth-order valence-corrected chi connectivity index (χ4v) is 3.10. The Bertz CT molecular complexity index is 828. The van der Waals surface area contributed by atoms with Crippen LogP contribution in [0.25, 0.3) is 0 Å². The van der Waals surface area contributed by atoms with Gasteiger partial charge in [-0.15, -0.1) is 0 Å². The Morgan fingerprint density at radius 1 is 1.07 bits per heavy atom. The molecule has 2 rings (SSSR count). The number of hydrogen-bond donors (Lipinski definition) is 2. The van der Waals surface area contributed by atoms with Gasteiger partial charge in [-0.25, -0.2) is 0 Å². The van der Waals surface area contributed by atoms with E-state index in [1.54, 1.807) is 43.1 Å². The lowest BCUT2D eigenvalue weighted by Gasteiger charge is -2.24. The molecule has 2 aromatic rings. The molecule has 0 spiro atoms. The van der Waals surface area contributed by atoms with Crippen LogP contribution in [0.5, 0.6) is 0 Å². The van der Waals surface area contributed by atoms with Gasteiger partial charge in [0.1, 0.15) is 0 Å². The smallest absolute Gasteiger partial charge is 0.241 e. The monoisotopic (exact) mass is 387 g/mol. The Hall–Kier alpha value is -2.37. The molecule has 2 aromatic carbocycles. The van der Waals surface area contributed by atoms with E-state index in [-0.39, 0.29) is 18.4 Å². The van der Waals surface area contributed by atoms with Crippen molar-refractivity contribution in [1.29, 1.82) is 0 Å². The summed E-state index contributed by atoms with van der Waals surface area (Å²) in [5.74, 6) is -0.383. The zero-order valence-electron chi connectivity index (χ0n) is 16.4. The molecule has 0 bridgehead atoms. The highest BCUT2D eigenvalue weighted by molar-refractivity contribution is 6.33. The number of nitrogens with one attached hydrogen (secondary N) is 2. The molecule has 1 atom stereocenters. The van der Waals surface area contributed by atoms with E-state index in [1.807, 2.05) is 32.9 Å². The summed E-state index contributed by atoms with van der Waals surface area (Å²) in [5.41, 5.74) is 4.58. The van der Waals surface area contributed by atoms with E-state index in [0.29, 0.717) is 10.7 Å². The summed E-state index contributed by atoms with van der Waals surface area (Å²) in [6, 6.07) is 10.6. The predicted octanol–water partition coefficient (Wildman–Crippen LogP) is 4.16. The molecule has 0 aromatic heterocycles. The van der Waals surface area contributed by atoms with Crippen molar-refractivity contribution >= 4 is 34.8 Å². The third-order valence-electron chi connectivity index (χ3n) is 4.51. The lowest BCUT2D eigenvalue weighted by atomic mass is 10.0. The highest BCUT2D eigenvalue weighted by Gasteiger charge is 2.21. The number of anilines is 2. The zero-order chi connectivity index (χ0) is 20.1. The van der Waals surface area contributed by atoms with Gasteiger partial charge in [-0.1, -0.05) is 41.4 Å². The van der Waals surface area contributed by atoms with Crippen LogP contribution in [0.4, 0.5) is 11.4 Å². The number of halogens is 1. The van der Waals surface area contributed by atoms with E-state index in [2.05, 4.69) is 10.6 Å². The van der Waals surface area contributed by atoms with Gasteiger partial charge in [0.25, 0.3) is 0 Å². The summed E-state index contributed by atoms with van der Waals surface area (Å²) in [4.78, 5) is 26.6. The molecular formula is C21H26ClN3O2. The molecule has 0 aliphatic carbocycles. The number of hydrogen-bond acceptors (Lipinski definition) is 3. The molecule has 0 radical (unpaired) electrons. The van der Waals surface area contributed by atoms with Gasteiger partial charge < -0.3 is 10.6 Å². The summed E-state index contributed by atoms with van der Waals surface area (Å²) >= 11 is 6.06. The first-order chi connectivity index (χ1) is 12.7. The van der Waals surface area contributed by atoms with Crippen LogP contribution in [0, 0.1) is 20.8 Å². The lowest BCUT2D eigenvalue weighted by Crippen LogP contribution is -2.43. The number of carbonyl (C=O) groups excluding carboxylic acids is 2. The number of nitrogens with zero attached hydrogens (tertiary/aromatic N) is 1. The summed E-state index contributed by atoms with van der Waals surface area (Å²) in [6.45, 7) is 7.82. The van der Waals surface area contributed by atoms with Crippen molar-refractivity contribution in [3.05, 3.63) is 58.1 Å². The van der Waals surface area contributed by atoms with Gasteiger partial charge in [0.2, 0.25) is 11.8 Å². The molecule has 2 N–H and O–H groups in total. The van der Waals surface area contributed by atoms with Gasteiger partial charge in [0.05, 0.1) is 23.3 Å². The molecule has 0 aliphatic heterocycles. The number of carbonyl (C=O) groups is 2. The largest absolute Gasteiger partial charge is 0.324 e. The van der Waals surface area contributed by atoms with E-state index >= 15 is 0 Å². The maximum absolute atomic E-state index is 12.6. The number of para-hydroxylation sites is 1. The molecule has 0 saturated heterocycles. The van der Waals surface area contributed by atoms with E-state index in [9.17, 15) is 9.59 Å². The zero-order valence-corrected chi connectivity index (χ0v) is 17.1. The molecule has 144 valence electrons. The van der Waals surface area contributed by atoms with Gasteiger partial charge in [0, 0.05) is 5.69 Å². The third kappa shape index (κ3) is 5.55. The second kappa shape index (κ2) is 9.02. The molecule has 6 heteroatoms. The maximum atomic E-state index is 12.6. The van der Waals surface area contributed by atoms with E-state index in [1.165, 1.54) is 0 Å². The third-order valence-corrected chi connectivity index (χ3v) is 4.84. The normalized spacial score (nSPS) is 12.0. The standard InChI is InChI=1S/C21H26ClN3O2/c1-13-10-14(2)20(15(3)11-13)24-21(27)16(4)25(5)12-19(26)23-18-9-7-6-8-17(18)22/h6-11,16H,12H2,1-5H3,(H,23,26)(H,24,27)/t16-/m0/s1. The van der Waals surface area contributed by atoms with Gasteiger partial charge >= 0.3 is 0 Å². The first-order valence-corrected chi connectivity index (χ1v) is 9.20. The number of likely N-dealkylation sites (N-methyl/N-ethyl adjacent to an activating group) is 1. The van der Waals surface area contributed by atoms with Gasteiger partial charge in [-0.2, -0.15) is 0 Å². The second-order valence-corrected chi connectivity index (χ2v) is 7.29. The van der Waals surface area contributed by atoms with Crippen molar-refractivity contribution in [1.82, 2.24) is 4.90 Å². The van der Waals surface area contributed by atoms with Crippen molar-refractivity contribution in [3.8, 4) is 0 Å². The number of rotatable bonds is 6. The average Bonchev–Trinajstić information content (AvgIpc) is 2.59. The first-order valence-electron chi connectivity index (χ1n) is 8.82. The lowest BCUT2D eigenvalue weighted by molar-refractivity contribution is -0.122. The fourth-order valence-electron chi connectivity index (χ4n) is 2.92. The van der Waals surface area contributed by atoms with E-state index in [0.717, 1.165) is 22.4 Å². The molecular weight excluding hydrogens is 362 g/mol. The molecule has 27 heavy (non-hydrogen) atoms. The maximum Gasteiger partial charge on any atom is 0.241 e. The molecule has 0 aliphatic rings. The van der Waals surface area contributed by atoms with E-state index < -0.39 is 6.04 Å². The van der Waals surface area contributed by atoms with E-state index in [4.69, 9.17) is 11.6 Å². The van der Waals surface area contributed by atoms with Gasteiger partial charge in [-0.3, -0.25) is 14.5 Å². The molecule has 0 unspecified atom stereocenters. The Morgan fingerprint density at radius 3 is 2.26 bits per heavy atom. The van der Waals surface area contributed by atoms with Crippen LogP contribution in [0.3, 0.4) is 0 Å². The average molecular weight is 388 g/mol. The Labute approximate surface area is 165 Å². The quantitative estimate of drug-likeness (QED) is 0.782. The minimum Gasteiger partial charge on any atom is -0.324 e. The van der Waals surface area contributed by atoms with Crippen LogP contribution in [-0.4, -0.2) is 36.3 Å².